The van der Waals surface area contributed by atoms with Gasteiger partial charge in [-0.1, -0.05) is 30.3 Å². The number of benzene rings is 3. The third-order valence-electron chi connectivity index (χ3n) is 5.61. The summed E-state index contributed by atoms with van der Waals surface area (Å²) in [5.41, 5.74) is 9.55. The first-order valence-electron chi connectivity index (χ1n) is 11.8. The molecule has 0 aliphatic rings. The number of nitrogens with two attached hydrogens (primary N) is 1. The van der Waals surface area contributed by atoms with Gasteiger partial charge in [-0.2, -0.15) is 0 Å². The molecule has 0 aliphatic heterocycles. The van der Waals surface area contributed by atoms with Crippen molar-refractivity contribution in [3.8, 4) is 5.75 Å². The van der Waals surface area contributed by atoms with E-state index in [1.54, 1.807) is 0 Å². The van der Waals surface area contributed by atoms with Gasteiger partial charge in [-0.25, -0.2) is 4.57 Å². The van der Waals surface area contributed by atoms with Gasteiger partial charge in [0.25, 0.3) is 0 Å². The van der Waals surface area contributed by atoms with E-state index in [4.69, 9.17) is 10.5 Å². The third kappa shape index (κ3) is 6.22. The molecule has 0 atom stereocenters. The molecule has 0 spiro atoms. The second kappa shape index (κ2) is 11.6. The number of azo groups is 1. The molecule has 1 heterocycles. The molecule has 1 amide bonds. The quantitative estimate of drug-likeness (QED) is 0.211. The van der Waals surface area contributed by atoms with Gasteiger partial charge in [0, 0.05) is 24.8 Å². The molecule has 0 bridgehead atoms. The minimum absolute atomic E-state index is 0.231. The highest BCUT2D eigenvalue weighted by atomic mass is 32.1. The molecule has 0 radical (unpaired) electrons. The number of hydrogen-bond donors (Lipinski definition) is 1. The average molecular weight is 489 g/mol. The fourth-order valence-corrected chi connectivity index (χ4v) is 4.88. The Labute approximate surface area is 209 Å². The number of fused-ring (bicyclic) bond motifs is 1. The smallest absolute Gasteiger partial charge is 0.409 e. The summed E-state index contributed by atoms with van der Waals surface area (Å²) in [5, 5.41) is 9.71. The summed E-state index contributed by atoms with van der Waals surface area (Å²) < 4.78 is 8.63. The highest BCUT2D eigenvalue weighted by molar-refractivity contribution is 7.21. The standard InChI is InChI=1S/C27H29N5O2S/c1-3-31(19-20-8-6-5-7-9-20)22-12-10-21(11-13-22)29-30-27-32(17-16-26(28)33)24-15-14-23(34-4-2)18-25(24)35-27/h5-15,18H,3-4,16-17,19H2,1-2H3,(H-,28,33)/p+1. The fraction of sp³-hybridized carbons (Fsp3) is 0.259. The lowest BCUT2D eigenvalue weighted by Crippen LogP contribution is -2.34. The molecule has 8 heteroatoms. The van der Waals surface area contributed by atoms with Crippen molar-refractivity contribution in [2.24, 2.45) is 16.0 Å². The Morgan fingerprint density at radius 3 is 2.49 bits per heavy atom. The molecule has 7 nitrogen and oxygen atoms in total. The van der Waals surface area contributed by atoms with Crippen LogP contribution in [0.1, 0.15) is 25.8 Å². The molecule has 0 aliphatic carbocycles. The lowest BCUT2D eigenvalue weighted by molar-refractivity contribution is -0.653. The summed E-state index contributed by atoms with van der Waals surface area (Å²) >= 11 is 1.51. The van der Waals surface area contributed by atoms with E-state index in [1.807, 2.05) is 47.9 Å². The van der Waals surface area contributed by atoms with E-state index in [0.29, 0.717) is 18.3 Å². The predicted octanol–water partition coefficient (Wildman–Crippen LogP) is 5.90. The molecule has 4 rings (SSSR count). The molecule has 35 heavy (non-hydrogen) atoms. The minimum Gasteiger partial charge on any atom is -0.494 e. The molecule has 0 fully saturated rings. The maximum Gasteiger partial charge on any atom is 0.409 e. The largest absolute Gasteiger partial charge is 0.494 e. The molecule has 0 saturated carbocycles. The van der Waals surface area contributed by atoms with Crippen molar-refractivity contribution in [1.29, 1.82) is 0 Å². The zero-order valence-electron chi connectivity index (χ0n) is 20.1. The van der Waals surface area contributed by atoms with E-state index < -0.39 is 0 Å². The Balaban J connectivity index is 1.56. The Kier molecular flexibility index (Phi) is 8.05. The van der Waals surface area contributed by atoms with Crippen molar-refractivity contribution < 1.29 is 14.1 Å². The van der Waals surface area contributed by atoms with Crippen LogP contribution in [0.5, 0.6) is 5.75 Å². The molecule has 3 aromatic carbocycles. The summed E-state index contributed by atoms with van der Waals surface area (Å²) in [4.78, 5) is 13.7. The molecule has 2 N–H and O–H groups in total. The maximum absolute atomic E-state index is 11.4. The summed E-state index contributed by atoms with van der Waals surface area (Å²) in [6.07, 6.45) is 0.231. The number of aromatic nitrogens is 1. The zero-order chi connectivity index (χ0) is 24.6. The number of hydrogen-bond acceptors (Lipinski definition) is 6. The predicted molar refractivity (Wildman–Crippen MR) is 141 cm³/mol. The number of carbonyl (C=O) groups is 1. The number of amides is 1. The van der Waals surface area contributed by atoms with Gasteiger partial charge in [0.1, 0.15) is 23.5 Å². The number of carbonyl (C=O) groups excluding carboxylic acids is 1. The second-order valence-corrected chi connectivity index (χ2v) is 9.04. The number of anilines is 1. The molecule has 0 saturated heterocycles. The van der Waals surface area contributed by atoms with Gasteiger partial charge in [0.2, 0.25) is 5.91 Å². The van der Waals surface area contributed by atoms with Crippen LogP contribution in [-0.2, 0) is 17.9 Å². The van der Waals surface area contributed by atoms with Gasteiger partial charge in [0.15, 0.2) is 0 Å². The van der Waals surface area contributed by atoms with Crippen LogP contribution < -0.4 is 19.9 Å². The Morgan fingerprint density at radius 1 is 1.03 bits per heavy atom. The molecular formula is C27H30N5O2S+. The molecular weight excluding hydrogens is 458 g/mol. The van der Waals surface area contributed by atoms with E-state index >= 15 is 0 Å². The first kappa shape index (κ1) is 24.3. The monoisotopic (exact) mass is 488 g/mol. The summed E-state index contributed by atoms with van der Waals surface area (Å²) in [5.74, 6) is 0.454. The first-order chi connectivity index (χ1) is 17.1. The molecule has 1 aromatic heterocycles. The molecule has 4 aromatic rings. The van der Waals surface area contributed by atoms with Crippen LogP contribution in [-0.4, -0.2) is 19.1 Å². The van der Waals surface area contributed by atoms with Crippen LogP contribution in [0.4, 0.5) is 16.5 Å². The van der Waals surface area contributed by atoms with Crippen LogP contribution >= 0.6 is 11.3 Å². The lowest BCUT2D eigenvalue weighted by Gasteiger charge is -2.23. The summed E-state index contributed by atoms with van der Waals surface area (Å²) in [6, 6.07) is 24.4. The van der Waals surface area contributed by atoms with Crippen LogP contribution in [0.2, 0.25) is 0 Å². The van der Waals surface area contributed by atoms with Crippen molar-refractivity contribution >= 4 is 44.0 Å². The summed E-state index contributed by atoms with van der Waals surface area (Å²) in [6.45, 7) is 6.91. The van der Waals surface area contributed by atoms with Crippen molar-refractivity contribution in [1.82, 2.24) is 0 Å². The number of primary amides is 1. The topological polar surface area (TPSA) is 84.2 Å². The molecule has 180 valence electrons. The van der Waals surface area contributed by atoms with Gasteiger partial charge in [-0.05, 0) is 72.3 Å². The van der Waals surface area contributed by atoms with Gasteiger partial charge in [0.05, 0.1) is 22.8 Å². The summed E-state index contributed by atoms with van der Waals surface area (Å²) in [7, 11) is 0. The van der Waals surface area contributed by atoms with Crippen molar-refractivity contribution in [2.75, 3.05) is 18.1 Å². The normalized spacial score (nSPS) is 11.3. The van der Waals surface area contributed by atoms with E-state index in [-0.39, 0.29) is 12.3 Å². The molecule has 0 unspecified atom stereocenters. The lowest BCUT2D eigenvalue weighted by atomic mass is 10.2. The van der Waals surface area contributed by atoms with E-state index in [9.17, 15) is 4.79 Å². The first-order valence-corrected chi connectivity index (χ1v) is 12.6. The average Bonchev–Trinajstić information content (AvgIpc) is 3.22. The van der Waals surface area contributed by atoms with Crippen molar-refractivity contribution in [3.05, 3.63) is 78.4 Å². The van der Waals surface area contributed by atoms with Gasteiger partial charge >= 0.3 is 5.13 Å². The van der Waals surface area contributed by atoms with Crippen LogP contribution in [0, 0.1) is 0 Å². The van der Waals surface area contributed by atoms with E-state index in [2.05, 4.69) is 58.5 Å². The van der Waals surface area contributed by atoms with Crippen molar-refractivity contribution in [3.63, 3.8) is 0 Å². The Hall–Kier alpha value is -3.78. The number of thiazole rings is 1. The maximum atomic E-state index is 11.4. The van der Waals surface area contributed by atoms with Crippen molar-refractivity contribution in [2.45, 2.75) is 33.4 Å². The number of nitrogens with zero attached hydrogens (tertiary/aromatic N) is 4. The third-order valence-corrected chi connectivity index (χ3v) is 6.64. The van der Waals surface area contributed by atoms with Gasteiger partial charge in [-0.3, -0.25) is 4.79 Å². The van der Waals surface area contributed by atoms with Crippen LogP contribution in [0.15, 0.2) is 83.0 Å². The van der Waals surface area contributed by atoms with Gasteiger partial charge < -0.3 is 15.4 Å². The van der Waals surface area contributed by atoms with Crippen LogP contribution in [0.25, 0.3) is 10.2 Å². The van der Waals surface area contributed by atoms with Gasteiger partial charge in [-0.15, -0.1) is 0 Å². The Bertz CT molecular complexity index is 1300. The van der Waals surface area contributed by atoms with E-state index in [1.165, 1.54) is 16.9 Å². The van der Waals surface area contributed by atoms with E-state index in [0.717, 1.165) is 40.4 Å². The number of rotatable bonds is 11. The number of aryl methyl sites for hydroxylation is 1. The SMILES string of the molecule is CCOc1ccc2c(c1)sc(N=Nc1ccc(N(CC)Cc3ccccc3)cc1)[n+]2CCC(N)=O. The highest BCUT2D eigenvalue weighted by Gasteiger charge is 2.20. The zero-order valence-corrected chi connectivity index (χ0v) is 20.9. The number of ether oxygens (including phenoxy) is 1. The Morgan fingerprint density at radius 2 is 1.80 bits per heavy atom. The minimum atomic E-state index is -0.350. The van der Waals surface area contributed by atoms with Crippen LogP contribution in [0.3, 0.4) is 0 Å². The fourth-order valence-electron chi connectivity index (χ4n) is 3.84. The second-order valence-electron chi connectivity index (χ2n) is 8.03. The highest BCUT2D eigenvalue weighted by Crippen LogP contribution is 2.31.